The van der Waals surface area contributed by atoms with Crippen molar-refractivity contribution >= 4 is 11.8 Å². The number of nitrogens with zero attached hydrogens (tertiary/aromatic N) is 1. The second kappa shape index (κ2) is 7.07. The molecule has 1 saturated heterocycles. The molecule has 5 nitrogen and oxygen atoms in total. The quantitative estimate of drug-likeness (QED) is 0.760. The van der Waals surface area contributed by atoms with Crippen molar-refractivity contribution in [2.75, 3.05) is 19.6 Å². The topological polar surface area (TPSA) is 61.4 Å². The zero-order chi connectivity index (χ0) is 14.5. The maximum atomic E-state index is 12.0. The van der Waals surface area contributed by atoms with Crippen LogP contribution < -0.4 is 10.6 Å². The molecule has 20 heavy (non-hydrogen) atoms. The predicted molar refractivity (Wildman–Crippen MR) is 78.2 cm³/mol. The number of amides is 2. The number of likely N-dealkylation sites (tertiary alicyclic amines) is 1. The second-order valence-electron chi connectivity index (χ2n) is 6.30. The zero-order valence-corrected chi connectivity index (χ0v) is 12.7. The Morgan fingerprint density at radius 2 is 1.75 bits per heavy atom. The fourth-order valence-electron chi connectivity index (χ4n) is 2.47. The van der Waals surface area contributed by atoms with E-state index in [-0.39, 0.29) is 23.8 Å². The average molecular weight is 281 g/mol. The summed E-state index contributed by atoms with van der Waals surface area (Å²) in [4.78, 5) is 25.6. The summed E-state index contributed by atoms with van der Waals surface area (Å²) in [6.45, 7) is 6.14. The van der Waals surface area contributed by atoms with E-state index in [1.165, 1.54) is 12.8 Å². The number of hydrogen-bond donors (Lipinski definition) is 2. The third kappa shape index (κ3) is 4.78. The normalized spacial score (nSPS) is 20.2. The minimum Gasteiger partial charge on any atom is -0.353 e. The van der Waals surface area contributed by atoms with Gasteiger partial charge in [0.2, 0.25) is 11.8 Å². The highest BCUT2D eigenvalue weighted by atomic mass is 16.2. The number of carbonyl (C=O) groups is 2. The van der Waals surface area contributed by atoms with Gasteiger partial charge in [0.25, 0.3) is 0 Å². The van der Waals surface area contributed by atoms with Crippen molar-refractivity contribution in [3.05, 3.63) is 0 Å². The van der Waals surface area contributed by atoms with E-state index in [0.717, 1.165) is 32.5 Å². The van der Waals surface area contributed by atoms with E-state index < -0.39 is 0 Å². The Labute approximate surface area is 121 Å². The molecular weight excluding hydrogens is 254 g/mol. The van der Waals surface area contributed by atoms with E-state index in [9.17, 15) is 9.59 Å². The summed E-state index contributed by atoms with van der Waals surface area (Å²) in [7, 11) is 0. The van der Waals surface area contributed by atoms with E-state index in [4.69, 9.17) is 0 Å². The number of carbonyl (C=O) groups excluding carboxylic acids is 2. The molecule has 0 aromatic rings. The van der Waals surface area contributed by atoms with Crippen LogP contribution in [0.15, 0.2) is 0 Å². The van der Waals surface area contributed by atoms with Crippen LogP contribution in [0.3, 0.4) is 0 Å². The molecule has 5 heteroatoms. The Hall–Kier alpha value is -1.10. The van der Waals surface area contributed by atoms with Crippen LogP contribution in [0.5, 0.6) is 0 Å². The molecule has 2 fully saturated rings. The van der Waals surface area contributed by atoms with Gasteiger partial charge in [-0.25, -0.2) is 0 Å². The fourth-order valence-corrected chi connectivity index (χ4v) is 2.47. The molecule has 0 aromatic carbocycles. The summed E-state index contributed by atoms with van der Waals surface area (Å²) in [5, 5.41) is 6.42. The molecule has 2 rings (SSSR count). The van der Waals surface area contributed by atoms with E-state index in [1.807, 2.05) is 18.7 Å². The lowest BCUT2D eigenvalue weighted by Gasteiger charge is -2.32. The minimum atomic E-state index is 0.0307. The number of rotatable bonds is 6. The number of piperidine rings is 1. The van der Waals surface area contributed by atoms with Crippen LogP contribution in [0.1, 0.15) is 46.0 Å². The van der Waals surface area contributed by atoms with Crippen molar-refractivity contribution in [1.29, 1.82) is 0 Å². The van der Waals surface area contributed by atoms with E-state index >= 15 is 0 Å². The summed E-state index contributed by atoms with van der Waals surface area (Å²) < 4.78 is 0. The average Bonchev–Trinajstić information content (AvgIpc) is 3.23. The van der Waals surface area contributed by atoms with Crippen LogP contribution in [0.4, 0.5) is 0 Å². The lowest BCUT2D eigenvalue weighted by Crippen LogP contribution is -2.47. The van der Waals surface area contributed by atoms with Gasteiger partial charge >= 0.3 is 0 Å². The summed E-state index contributed by atoms with van der Waals surface area (Å²) in [6.07, 6.45) is 4.87. The molecule has 2 N–H and O–H groups in total. The zero-order valence-electron chi connectivity index (χ0n) is 12.7. The van der Waals surface area contributed by atoms with Crippen LogP contribution in [0.2, 0.25) is 0 Å². The van der Waals surface area contributed by atoms with Crippen LogP contribution in [-0.2, 0) is 9.59 Å². The Morgan fingerprint density at radius 1 is 1.10 bits per heavy atom. The molecule has 0 unspecified atom stereocenters. The lowest BCUT2D eigenvalue weighted by molar-refractivity contribution is -0.132. The summed E-state index contributed by atoms with van der Waals surface area (Å²) in [5.41, 5.74) is 0. The number of nitrogens with one attached hydrogen (secondary N) is 2. The Kier molecular flexibility index (Phi) is 5.40. The van der Waals surface area contributed by atoms with Crippen molar-refractivity contribution in [3.8, 4) is 0 Å². The Morgan fingerprint density at radius 3 is 2.30 bits per heavy atom. The summed E-state index contributed by atoms with van der Waals surface area (Å²) in [5.74, 6) is 0.387. The molecule has 2 aliphatic rings. The summed E-state index contributed by atoms with van der Waals surface area (Å²) >= 11 is 0. The highest BCUT2D eigenvalue weighted by Gasteiger charge is 2.25. The number of hydrogen-bond acceptors (Lipinski definition) is 3. The van der Waals surface area contributed by atoms with Gasteiger partial charge in [0.05, 0.1) is 0 Å². The first-order valence-corrected chi connectivity index (χ1v) is 7.88. The molecular formula is C15H27N3O2. The van der Waals surface area contributed by atoms with Gasteiger partial charge in [-0.3, -0.25) is 9.59 Å². The van der Waals surface area contributed by atoms with Crippen molar-refractivity contribution in [2.24, 2.45) is 5.92 Å². The SMILES string of the molecule is CC(C)C(=O)NC1CCN(C(=O)CCNC2CC2)CC1. The Balaban J connectivity index is 1.62. The first-order chi connectivity index (χ1) is 9.56. The highest BCUT2D eigenvalue weighted by molar-refractivity contribution is 5.78. The van der Waals surface area contributed by atoms with Crippen molar-refractivity contribution in [1.82, 2.24) is 15.5 Å². The maximum absolute atomic E-state index is 12.0. The first kappa shape index (κ1) is 15.3. The molecule has 1 saturated carbocycles. The second-order valence-corrected chi connectivity index (χ2v) is 6.30. The van der Waals surface area contributed by atoms with Gasteiger partial charge in [0.1, 0.15) is 0 Å². The largest absolute Gasteiger partial charge is 0.353 e. The van der Waals surface area contributed by atoms with Crippen molar-refractivity contribution in [3.63, 3.8) is 0 Å². The molecule has 0 atom stereocenters. The van der Waals surface area contributed by atoms with Gasteiger partial charge < -0.3 is 15.5 Å². The Bertz CT molecular complexity index is 345. The van der Waals surface area contributed by atoms with Crippen LogP contribution >= 0.6 is 0 Å². The van der Waals surface area contributed by atoms with Crippen LogP contribution in [0.25, 0.3) is 0 Å². The molecule has 0 radical (unpaired) electrons. The van der Waals surface area contributed by atoms with Gasteiger partial charge in [0.15, 0.2) is 0 Å². The van der Waals surface area contributed by atoms with Crippen molar-refractivity contribution in [2.45, 2.75) is 58.0 Å². The van der Waals surface area contributed by atoms with Gasteiger partial charge in [-0.05, 0) is 25.7 Å². The van der Waals surface area contributed by atoms with Gasteiger partial charge in [-0.1, -0.05) is 13.8 Å². The lowest BCUT2D eigenvalue weighted by atomic mass is 10.0. The molecule has 1 aliphatic heterocycles. The minimum absolute atomic E-state index is 0.0307. The maximum Gasteiger partial charge on any atom is 0.223 e. The molecule has 1 heterocycles. The highest BCUT2D eigenvalue weighted by Crippen LogP contribution is 2.18. The molecule has 0 aromatic heterocycles. The molecule has 1 aliphatic carbocycles. The van der Waals surface area contributed by atoms with Gasteiger partial charge in [-0.2, -0.15) is 0 Å². The van der Waals surface area contributed by atoms with Gasteiger partial charge in [0, 0.05) is 44.1 Å². The van der Waals surface area contributed by atoms with Crippen LogP contribution in [-0.4, -0.2) is 48.4 Å². The molecule has 114 valence electrons. The first-order valence-electron chi connectivity index (χ1n) is 7.88. The third-order valence-electron chi connectivity index (χ3n) is 4.07. The van der Waals surface area contributed by atoms with E-state index in [1.54, 1.807) is 0 Å². The van der Waals surface area contributed by atoms with Crippen molar-refractivity contribution < 1.29 is 9.59 Å². The van der Waals surface area contributed by atoms with Crippen LogP contribution in [0, 0.1) is 5.92 Å². The molecule has 0 bridgehead atoms. The summed E-state index contributed by atoms with van der Waals surface area (Å²) in [6, 6.07) is 0.901. The van der Waals surface area contributed by atoms with E-state index in [0.29, 0.717) is 12.5 Å². The predicted octanol–water partition coefficient (Wildman–Crippen LogP) is 0.892. The standard InChI is InChI=1S/C15H27N3O2/c1-11(2)15(20)17-13-6-9-18(10-7-13)14(19)5-8-16-12-3-4-12/h11-13,16H,3-10H2,1-2H3,(H,17,20). The van der Waals surface area contributed by atoms with E-state index in [2.05, 4.69) is 10.6 Å². The van der Waals surface area contributed by atoms with Gasteiger partial charge in [-0.15, -0.1) is 0 Å². The molecule has 2 amide bonds. The molecule has 0 spiro atoms. The third-order valence-corrected chi connectivity index (χ3v) is 4.07. The monoisotopic (exact) mass is 281 g/mol. The smallest absolute Gasteiger partial charge is 0.223 e. The fraction of sp³-hybridized carbons (Fsp3) is 0.867.